The minimum Gasteiger partial charge on any atom is -0.435 e. The number of hydrogen-bond acceptors (Lipinski definition) is 3. The van der Waals surface area contributed by atoms with E-state index in [-0.39, 0.29) is 23.6 Å². The summed E-state index contributed by atoms with van der Waals surface area (Å²) in [6.45, 7) is 2.60. The van der Waals surface area contributed by atoms with E-state index >= 15 is 0 Å². The van der Waals surface area contributed by atoms with Gasteiger partial charge >= 0.3 is 6.61 Å². The highest BCUT2D eigenvalue weighted by Crippen LogP contribution is 2.22. The Morgan fingerprint density at radius 3 is 2.67 bits per heavy atom. The summed E-state index contributed by atoms with van der Waals surface area (Å²) in [4.78, 5) is 12.1. The van der Waals surface area contributed by atoms with Gasteiger partial charge in [-0.25, -0.2) is 0 Å². The van der Waals surface area contributed by atoms with Crippen LogP contribution in [0.5, 0.6) is 5.75 Å². The van der Waals surface area contributed by atoms with Crippen molar-refractivity contribution < 1.29 is 18.3 Å². The lowest BCUT2D eigenvalue weighted by Gasteiger charge is -2.32. The van der Waals surface area contributed by atoms with Gasteiger partial charge in [0.15, 0.2) is 0 Å². The quantitative estimate of drug-likeness (QED) is 0.847. The summed E-state index contributed by atoms with van der Waals surface area (Å²) >= 11 is 0. The number of carbonyl (C=O) groups is 1. The van der Waals surface area contributed by atoms with Gasteiger partial charge in [-0.3, -0.25) is 4.79 Å². The maximum absolute atomic E-state index is 12.2. The number of carbonyl (C=O) groups excluding carboxylic acids is 1. The second-order valence-electron chi connectivity index (χ2n) is 5.39. The van der Waals surface area contributed by atoms with Crippen molar-refractivity contribution >= 4 is 5.91 Å². The number of nitrogens with one attached hydrogen (secondary N) is 2. The standard InChI is InChI=1S/C15H20F2N2O2/c1-9(12-7-18-8-12)14(20)19-10(2)11-4-3-5-13(6-11)21-15(16)17/h3-6,9-10,12,15,18H,7-8H2,1-2H3,(H,19,20). The van der Waals surface area contributed by atoms with Crippen LogP contribution in [0.4, 0.5) is 8.78 Å². The topological polar surface area (TPSA) is 50.4 Å². The van der Waals surface area contributed by atoms with Crippen molar-refractivity contribution in [3.05, 3.63) is 29.8 Å². The molecule has 2 unspecified atom stereocenters. The third kappa shape index (κ3) is 4.14. The predicted octanol–water partition coefficient (Wildman–Crippen LogP) is 2.32. The minimum atomic E-state index is -2.85. The van der Waals surface area contributed by atoms with Crippen LogP contribution in [0.25, 0.3) is 0 Å². The molecule has 2 rings (SSSR count). The molecule has 1 aliphatic heterocycles. The van der Waals surface area contributed by atoms with Crippen molar-refractivity contribution in [3.63, 3.8) is 0 Å². The first kappa shape index (κ1) is 15.7. The molecule has 1 heterocycles. The molecule has 0 spiro atoms. The average Bonchev–Trinajstić information content (AvgIpc) is 2.36. The Bertz CT molecular complexity index is 492. The van der Waals surface area contributed by atoms with Crippen molar-refractivity contribution in [1.29, 1.82) is 0 Å². The van der Waals surface area contributed by atoms with Gasteiger partial charge in [-0.1, -0.05) is 19.1 Å². The Labute approximate surface area is 122 Å². The second-order valence-corrected chi connectivity index (χ2v) is 5.39. The summed E-state index contributed by atoms with van der Waals surface area (Å²) in [6.07, 6.45) is 0. The van der Waals surface area contributed by atoms with Crippen LogP contribution in [0.2, 0.25) is 0 Å². The van der Waals surface area contributed by atoms with E-state index in [2.05, 4.69) is 15.4 Å². The van der Waals surface area contributed by atoms with E-state index in [0.29, 0.717) is 5.92 Å². The van der Waals surface area contributed by atoms with E-state index in [4.69, 9.17) is 0 Å². The Morgan fingerprint density at radius 2 is 2.10 bits per heavy atom. The SMILES string of the molecule is CC(NC(=O)C(C)C1CNC1)c1cccc(OC(F)F)c1. The highest BCUT2D eigenvalue weighted by molar-refractivity contribution is 5.79. The lowest BCUT2D eigenvalue weighted by molar-refractivity contribution is -0.127. The normalized spacial score (nSPS) is 18.0. The number of halogens is 2. The van der Waals surface area contributed by atoms with E-state index in [1.165, 1.54) is 12.1 Å². The van der Waals surface area contributed by atoms with Crippen molar-refractivity contribution in [3.8, 4) is 5.75 Å². The maximum atomic E-state index is 12.2. The second kappa shape index (κ2) is 6.85. The van der Waals surface area contributed by atoms with Gasteiger partial charge in [0, 0.05) is 5.92 Å². The summed E-state index contributed by atoms with van der Waals surface area (Å²) in [5.74, 6) is 0.383. The van der Waals surface area contributed by atoms with Gasteiger partial charge in [-0.15, -0.1) is 0 Å². The highest BCUT2D eigenvalue weighted by Gasteiger charge is 2.29. The molecular weight excluding hydrogens is 278 g/mol. The van der Waals surface area contributed by atoms with Crippen LogP contribution in [-0.2, 0) is 4.79 Å². The van der Waals surface area contributed by atoms with Crippen molar-refractivity contribution in [2.45, 2.75) is 26.5 Å². The summed E-state index contributed by atoms with van der Waals surface area (Å²) in [6, 6.07) is 6.14. The molecule has 0 aromatic heterocycles. The molecule has 1 saturated heterocycles. The van der Waals surface area contributed by atoms with E-state index in [1.807, 2.05) is 13.8 Å². The molecular formula is C15H20F2N2O2. The van der Waals surface area contributed by atoms with E-state index < -0.39 is 6.61 Å². The van der Waals surface area contributed by atoms with Gasteiger partial charge < -0.3 is 15.4 Å². The fourth-order valence-electron chi connectivity index (χ4n) is 2.27. The summed E-state index contributed by atoms with van der Waals surface area (Å²) in [5, 5.41) is 6.06. The first-order valence-electron chi connectivity index (χ1n) is 7.03. The lowest BCUT2D eigenvalue weighted by Crippen LogP contribution is -2.49. The van der Waals surface area contributed by atoms with Crippen LogP contribution in [0, 0.1) is 11.8 Å². The van der Waals surface area contributed by atoms with Crippen LogP contribution in [0.3, 0.4) is 0 Å². The number of ether oxygens (including phenoxy) is 1. The smallest absolute Gasteiger partial charge is 0.387 e. The third-order valence-electron chi connectivity index (χ3n) is 3.88. The summed E-state index contributed by atoms with van der Waals surface area (Å²) < 4.78 is 28.8. The molecule has 1 aromatic carbocycles. The fourth-order valence-corrected chi connectivity index (χ4v) is 2.27. The van der Waals surface area contributed by atoms with Gasteiger partial charge in [-0.2, -0.15) is 8.78 Å². The van der Waals surface area contributed by atoms with Crippen molar-refractivity contribution in [1.82, 2.24) is 10.6 Å². The minimum absolute atomic E-state index is 0.0193. The Balaban J connectivity index is 1.95. The molecule has 1 fully saturated rings. The molecule has 0 aliphatic carbocycles. The average molecular weight is 298 g/mol. The number of rotatable bonds is 6. The van der Waals surface area contributed by atoms with Crippen LogP contribution in [-0.4, -0.2) is 25.6 Å². The maximum Gasteiger partial charge on any atom is 0.387 e. The monoisotopic (exact) mass is 298 g/mol. The van der Waals surface area contributed by atoms with Gasteiger partial charge in [0.2, 0.25) is 5.91 Å². The zero-order chi connectivity index (χ0) is 15.4. The Morgan fingerprint density at radius 1 is 1.38 bits per heavy atom. The molecule has 2 N–H and O–H groups in total. The Kier molecular flexibility index (Phi) is 5.12. The van der Waals surface area contributed by atoms with Gasteiger partial charge in [0.05, 0.1) is 6.04 Å². The highest BCUT2D eigenvalue weighted by atomic mass is 19.3. The van der Waals surface area contributed by atoms with Crippen LogP contribution < -0.4 is 15.4 Å². The van der Waals surface area contributed by atoms with Crippen molar-refractivity contribution in [2.75, 3.05) is 13.1 Å². The van der Waals surface area contributed by atoms with Gasteiger partial charge in [0.1, 0.15) is 5.75 Å². The van der Waals surface area contributed by atoms with E-state index in [1.54, 1.807) is 12.1 Å². The summed E-state index contributed by atoms with van der Waals surface area (Å²) in [5.41, 5.74) is 0.737. The molecule has 0 radical (unpaired) electrons. The van der Waals surface area contributed by atoms with E-state index in [9.17, 15) is 13.6 Å². The Hall–Kier alpha value is -1.69. The molecule has 2 atom stereocenters. The van der Waals surface area contributed by atoms with Gasteiger partial charge in [0.25, 0.3) is 0 Å². The number of amides is 1. The molecule has 1 aliphatic rings. The lowest BCUT2D eigenvalue weighted by atomic mass is 9.88. The molecule has 21 heavy (non-hydrogen) atoms. The number of hydrogen-bond donors (Lipinski definition) is 2. The predicted molar refractivity (Wildman–Crippen MR) is 75.2 cm³/mol. The zero-order valence-corrected chi connectivity index (χ0v) is 12.1. The third-order valence-corrected chi connectivity index (χ3v) is 3.88. The zero-order valence-electron chi connectivity index (χ0n) is 12.1. The first-order valence-corrected chi connectivity index (χ1v) is 7.03. The van der Waals surface area contributed by atoms with E-state index in [0.717, 1.165) is 18.7 Å². The fraction of sp³-hybridized carbons (Fsp3) is 0.533. The van der Waals surface area contributed by atoms with Crippen LogP contribution in [0.15, 0.2) is 24.3 Å². The molecule has 6 heteroatoms. The molecule has 0 bridgehead atoms. The van der Waals surface area contributed by atoms with Gasteiger partial charge in [-0.05, 0) is 43.6 Å². The van der Waals surface area contributed by atoms with Crippen LogP contribution in [0.1, 0.15) is 25.5 Å². The first-order chi connectivity index (χ1) is 9.97. The molecule has 0 saturated carbocycles. The van der Waals surface area contributed by atoms with Crippen LogP contribution >= 0.6 is 0 Å². The molecule has 116 valence electrons. The number of benzene rings is 1. The number of alkyl halides is 2. The largest absolute Gasteiger partial charge is 0.435 e. The molecule has 1 aromatic rings. The van der Waals surface area contributed by atoms with Crippen molar-refractivity contribution in [2.24, 2.45) is 11.8 Å². The molecule has 4 nitrogen and oxygen atoms in total. The molecule has 1 amide bonds. The summed E-state index contributed by atoms with van der Waals surface area (Å²) in [7, 11) is 0.